The van der Waals surface area contributed by atoms with Crippen molar-refractivity contribution in [3.05, 3.63) is 60.7 Å². The first-order valence-corrected chi connectivity index (χ1v) is 5.39. The van der Waals surface area contributed by atoms with Gasteiger partial charge in [0.2, 0.25) is 0 Å². The lowest BCUT2D eigenvalue weighted by Crippen LogP contribution is -2.04. The van der Waals surface area contributed by atoms with Gasteiger partial charge < -0.3 is 0 Å². The molecule has 0 saturated carbocycles. The van der Waals surface area contributed by atoms with E-state index in [1.54, 1.807) is 12.1 Å². The minimum atomic E-state index is 0.659. The van der Waals surface area contributed by atoms with Gasteiger partial charge in [-0.3, -0.25) is 0 Å². The van der Waals surface area contributed by atoms with E-state index in [1.165, 1.54) is 11.9 Å². The quantitative estimate of drug-likeness (QED) is 0.578. The molecule has 0 aliphatic heterocycles. The first-order valence-electron chi connectivity index (χ1n) is 4.61. The molecule has 1 radical (unpaired) electrons. The summed E-state index contributed by atoms with van der Waals surface area (Å²) in [5, 5.41) is 11.7. The molecular formula is C12H10NOS. The van der Waals surface area contributed by atoms with Crippen molar-refractivity contribution in [1.82, 2.24) is 0 Å². The number of benzene rings is 2. The Balaban J connectivity index is 2.08. The Morgan fingerprint density at radius 2 is 1.33 bits per heavy atom. The van der Waals surface area contributed by atoms with Crippen molar-refractivity contribution in [2.75, 3.05) is 4.47 Å². The SMILES string of the molecule is [O]N(Sc1ccccc1)c1ccccc1. The maximum atomic E-state index is 11.7. The molecule has 0 heterocycles. The molecule has 0 saturated heterocycles. The molecule has 75 valence electrons. The van der Waals surface area contributed by atoms with Crippen molar-refractivity contribution in [3.8, 4) is 0 Å². The summed E-state index contributed by atoms with van der Waals surface area (Å²) in [6.45, 7) is 0. The summed E-state index contributed by atoms with van der Waals surface area (Å²) >= 11 is 1.17. The van der Waals surface area contributed by atoms with Crippen LogP contribution >= 0.6 is 11.9 Å². The predicted octanol–water partition coefficient (Wildman–Crippen LogP) is 3.55. The molecule has 0 aliphatic rings. The van der Waals surface area contributed by atoms with E-state index in [2.05, 4.69) is 0 Å². The van der Waals surface area contributed by atoms with E-state index >= 15 is 0 Å². The molecule has 15 heavy (non-hydrogen) atoms. The van der Waals surface area contributed by atoms with Gasteiger partial charge in [0.25, 0.3) is 0 Å². The molecule has 2 aromatic carbocycles. The van der Waals surface area contributed by atoms with E-state index in [1.807, 2.05) is 48.5 Å². The summed E-state index contributed by atoms with van der Waals surface area (Å²) in [5.41, 5.74) is 0.659. The first kappa shape index (κ1) is 10.1. The third-order valence-corrected chi connectivity index (χ3v) is 2.76. The Morgan fingerprint density at radius 3 is 1.93 bits per heavy atom. The lowest BCUT2D eigenvalue weighted by molar-refractivity contribution is 0.223. The molecule has 0 bridgehead atoms. The Bertz CT molecular complexity index is 404. The highest BCUT2D eigenvalue weighted by Crippen LogP contribution is 2.26. The first-order chi connectivity index (χ1) is 7.36. The van der Waals surface area contributed by atoms with Crippen molar-refractivity contribution in [2.24, 2.45) is 0 Å². The third-order valence-electron chi connectivity index (χ3n) is 1.90. The highest BCUT2D eigenvalue weighted by Gasteiger charge is 2.05. The van der Waals surface area contributed by atoms with Gasteiger partial charge in [-0.05, 0) is 24.3 Å². The summed E-state index contributed by atoms with van der Waals surface area (Å²) in [4.78, 5) is 0.941. The van der Waals surface area contributed by atoms with Crippen LogP contribution in [0.3, 0.4) is 0 Å². The fraction of sp³-hybridized carbons (Fsp3) is 0. The minimum Gasteiger partial charge on any atom is -0.156 e. The standard InChI is InChI=1S/C12H10NOS/c14-13(11-7-3-1-4-8-11)15-12-9-5-2-6-10-12/h1-10H. The summed E-state index contributed by atoms with van der Waals surface area (Å²) < 4.78 is 0.912. The molecule has 0 spiro atoms. The maximum Gasteiger partial charge on any atom is 0.0801 e. The van der Waals surface area contributed by atoms with E-state index in [4.69, 9.17) is 0 Å². The van der Waals surface area contributed by atoms with Crippen LogP contribution in [0.1, 0.15) is 0 Å². The van der Waals surface area contributed by atoms with Crippen LogP contribution in [0.5, 0.6) is 0 Å². The molecule has 3 heteroatoms. The molecular weight excluding hydrogens is 206 g/mol. The van der Waals surface area contributed by atoms with Gasteiger partial charge in [0, 0.05) is 16.8 Å². The number of hydrogen-bond donors (Lipinski definition) is 0. The molecule has 0 aromatic heterocycles. The van der Waals surface area contributed by atoms with Gasteiger partial charge in [0.05, 0.1) is 5.69 Å². The number of anilines is 1. The topological polar surface area (TPSA) is 23.1 Å². The van der Waals surface area contributed by atoms with E-state index < -0.39 is 0 Å². The highest BCUT2D eigenvalue weighted by molar-refractivity contribution is 8.00. The fourth-order valence-corrected chi connectivity index (χ4v) is 1.88. The zero-order valence-electron chi connectivity index (χ0n) is 8.04. The van der Waals surface area contributed by atoms with Gasteiger partial charge in [-0.25, -0.2) is 0 Å². The van der Waals surface area contributed by atoms with Crippen LogP contribution in [-0.4, -0.2) is 0 Å². The maximum absolute atomic E-state index is 11.7. The molecule has 0 amide bonds. The highest BCUT2D eigenvalue weighted by atomic mass is 32.2. The van der Waals surface area contributed by atoms with E-state index in [0.717, 1.165) is 9.36 Å². The lowest BCUT2D eigenvalue weighted by Gasteiger charge is -2.11. The molecule has 0 fully saturated rings. The van der Waals surface area contributed by atoms with Crippen LogP contribution in [0.2, 0.25) is 0 Å². The van der Waals surface area contributed by atoms with Gasteiger partial charge in [-0.1, -0.05) is 41.6 Å². The van der Waals surface area contributed by atoms with Crippen LogP contribution in [0.4, 0.5) is 5.69 Å². The molecule has 0 N–H and O–H groups in total. The fourth-order valence-electron chi connectivity index (χ4n) is 1.18. The van der Waals surface area contributed by atoms with Crippen molar-refractivity contribution < 1.29 is 5.21 Å². The normalized spacial score (nSPS) is 9.93. The summed E-state index contributed by atoms with van der Waals surface area (Å²) in [5.74, 6) is 0. The van der Waals surface area contributed by atoms with Crippen LogP contribution in [0, 0.1) is 0 Å². The van der Waals surface area contributed by atoms with Gasteiger partial charge in [-0.2, -0.15) is 4.47 Å². The van der Waals surface area contributed by atoms with Crippen LogP contribution < -0.4 is 4.47 Å². The largest absolute Gasteiger partial charge is 0.156 e. The zero-order valence-corrected chi connectivity index (χ0v) is 8.85. The van der Waals surface area contributed by atoms with Gasteiger partial charge >= 0.3 is 0 Å². The van der Waals surface area contributed by atoms with Crippen LogP contribution in [0.25, 0.3) is 0 Å². The monoisotopic (exact) mass is 216 g/mol. The van der Waals surface area contributed by atoms with Crippen molar-refractivity contribution >= 4 is 17.6 Å². The second-order valence-corrected chi connectivity index (χ2v) is 3.98. The molecule has 0 unspecified atom stereocenters. The van der Waals surface area contributed by atoms with Gasteiger partial charge in [-0.15, -0.1) is 0 Å². The van der Waals surface area contributed by atoms with Crippen LogP contribution in [-0.2, 0) is 5.21 Å². The number of para-hydroxylation sites is 1. The molecule has 0 aliphatic carbocycles. The summed E-state index contributed by atoms with van der Waals surface area (Å²) in [6, 6.07) is 18.8. The smallest absolute Gasteiger partial charge is 0.0801 e. The number of hydrogen-bond acceptors (Lipinski definition) is 2. The van der Waals surface area contributed by atoms with Gasteiger partial charge in [0.1, 0.15) is 0 Å². The molecule has 0 atom stereocenters. The Kier molecular flexibility index (Phi) is 3.27. The summed E-state index contributed by atoms with van der Waals surface area (Å²) in [6.07, 6.45) is 0. The Labute approximate surface area is 93.3 Å². The average Bonchev–Trinajstić information content (AvgIpc) is 2.31. The number of nitrogens with zero attached hydrogens (tertiary/aromatic N) is 1. The van der Waals surface area contributed by atoms with Crippen molar-refractivity contribution in [1.29, 1.82) is 0 Å². The van der Waals surface area contributed by atoms with E-state index in [-0.39, 0.29) is 0 Å². The van der Waals surface area contributed by atoms with E-state index in [9.17, 15) is 5.21 Å². The molecule has 2 nitrogen and oxygen atoms in total. The van der Waals surface area contributed by atoms with Crippen LogP contribution in [0.15, 0.2) is 65.6 Å². The zero-order chi connectivity index (χ0) is 10.5. The van der Waals surface area contributed by atoms with Crippen molar-refractivity contribution in [2.45, 2.75) is 4.90 Å². The Hall–Kier alpha value is -1.45. The molecule has 2 aromatic rings. The lowest BCUT2D eigenvalue weighted by atomic mass is 10.3. The summed E-state index contributed by atoms with van der Waals surface area (Å²) in [7, 11) is 0. The third kappa shape index (κ3) is 2.75. The number of rotatable bonds is 3. The van der Waals surface area contributed by atoms with Crippen molar-refractivity contribution in [3.63, 3.8) is 0 Å². The second-order valence-electron chi connectivity index (χ2n) is 3.00. The van der Waals surface area contributed by atoms with E-state index in [0.29, 0.717) is 5.69 Å². The minimum absolute atomic E-state index is 0.659. The predicted molar refractivity (Wildman–Crippen MR) is 61.9 cm³/mol. The van der Waals surface area contributed by atoms with Gasteiger partial charge in [0.15, 0.2) is 0 Å². The molecule has 2 rings (SSSR count). The average molecular weight is 216 g/mol. The second kappa shape index (κ2) is 4.87. The Morgan fingerprint density at radius 1 is 0.800 bits per heavy atom.